The second-order valence-electron chi connectivity index (χ2n) is 1.22. The monoisotopic (exact) mass is 136 g/mol. The van der Waals surface area contributed by atoms with Gasteiger partial charge in [0.2, 0.25) is 0 Å². The highest BCUT2D eigenvalue weighted by atomic mass is 32.1. The number of carbonyl (C=O) groups is 1. The summed E-state index contributed by atoms with van der Waals surface area (Å²) in [5.41, 5.74) is 0. The lowest BCUT2D eigenvalue weighted by Crippen LogP contribution is -2.22. The number of aliphatic hydroxyl groups excluding tert-OH is 1. The number of ether oxygens (including phenoxy) is 1. The summed E-state index contributed by atoms with van der Waals surface area (Å²) in [5.74, 6) is -0.535. The van der Waals surface area contributed by atoms with Crippen LogP contribution in [0.3, 0.4) is 0 Å². The molecular formula is C4H8O3S. The van der Waals surface area contributed by atoms with Gasteiger partial charge in [-0.05, 0) is 0 Å². The first kappa shape index (κ1) is 7.78. The number of carbonyl (C=O) groups excluding carboxylic acids is 1. The molecule has 0 saturated carbocycles. The van der Waals surface area contributed by atoms with Crippen LogP contribution >= 0.6 is 12.6 Å². The molecule has 3 nitrogen and oxygen atoms in total. The molecule has 48 valence electrons. The Morgan fingerprint density at radius 3 is 2.62 bits per heavy atom. The number of hydrogen-bond donors (Lipinski definition) is 2. The summed E-state index contributed by atoms with van der Waals surface area (Å²) in [6.07, 6.45) is -1.08. The number of methoxy groups -OCH3 is 1. The molecule has 0 saturated heterocycles. The number of aliphatic hydroxyl groups is 1. The van der Waals surface area contributed by atoms with Crippen LogP contribution in [0.15, 0.2) is 0 Å². The normalized spacial score (nSPS) is 12.9. The maximum absolute atomic E-state index is 10.2. The fraction of sp³-hybridized carbons (Fsp3) is 0.750. The Bertz CT molecular complexity index is 83.4. The summed E-state index contributed by atoms with van der Waals surface area (Å²) >= 11 is 3.66. The summed E-state index contributed by atoms with van der Waals surface area (Å²) in [6, 6.07) is 0. The van der Waals surface area contributed by atoms with Gasteiger partial charge < -0.3 is 9.84 Å². The third kappa shape index (κ3) is 2.18. The zero-order valence-electron chi connectivity index (χ0n) is 4.50. The van der Waals surface area contributed by atoms with E-state index in [1.54, 1.807) is 0 Å². The van der Waals surface area contributed by atoms with Crippen molar-refractivity contribution in [3.8, 4) is 0 Å². The maximum Gasteiger partial charge on any atom is 0.335 e. The molecule has 0 spiro atoms. The van der Waals surface area contributed by atoms with Gasteiger partial charge in [-0.3, -0.25) is 0 Å². The minimum atomic E-state index is -1.08. The molecule has 1 atom stereocenters. The van der Waals surface area contributed by atoms with Crippen LogP contribution in [0.4, 0.5) is 0 Å². The molecule has 0 rings (SSSR count). The van der Waals surface area contributed by atoms with Crippen LogP contribution in [-0.4, -0.2) is 30.0 Å². The zero-order valence-corrected chi connectivity index (χ0v) is 5.39. The number of thiol groups is 1. The highest BCUT2D eigenvalue weighted by molar-refractivity contribution is 7.80. The molecular weight excluding hydrogens is 128 g/mol. The van der Waals surface area contributed by atoms with Crippen LogP contribution in [0.1, 0.15) is 0 Å². The van der Waals surface area contributed by atoms with E-state index in [0.29, 0.717) is 0 Å². The number of hydrogen-bond acceptors (Lipinski definition) is 4. The summed E-state index contributed by atoms with van der Waals surface area (Å²) in [7, 11) is 1.22. The highest BCUT2D eigenvalue weighted by Crippen LogP contribution is 1.88. The SMILES string of the molecule is COC(=O)C(O)CS. The van der Waals surface area contributed by atoms with E-state index < -0.39 is 12.1 Å². The molecule has 0 aliphatic rings. The average molecular weight is 136 g/mol. The van der Waals surface area contributed by atoms with Gasteiger partial charge in [-0.15, -0.1) is 0 Å². The van der Waals surface area contributed by atoms with Crippen LogP contribution in [-0.2, 0) is 9.53 Å². The summed E-state index contributed by atoms with van der Waals surface area (Å²) in [5, 5.41) is 8.58. The Morgan fingerprint density at radius 1 is 2.00 bits per heavy atom. The molecule has 0 aliphatic carbocycles. The van der Waals surface area contributed by atoms with Crippen molar-refractivity contribution in [2.75, 3.05) is 12.9 Å². The third-order valence-corrected chi connectivity index (χ3v) is 0.992. The van der Waals surface area contributed by atoms with Crippen LogP contribution in [0, 0.1) is 0 Å². The van der Waals surface area contributed by atoms with E-state index in [4.69, 9.17) is 5.11 Å². The van der Waals surface area contributed by atoms with E-state index in [9.17, 15) is 4.79 Å². The minimum absolute atomic E-state index is 0.104. The molecule has 8 heavy (non-hydrogen) atoms. The number of rotatable bonds is 2. The maximum atomic E-state index is 10.2. The summed E-state index contributed by atoms with van der Waals surface area (Å²) in [4.78, 5) is 10.2. The molecule has 0 heterocycles. The molecule has 4 heteroatoms. The Morgan fingerprint density at radius 2 is 2.50 bits per heavy atom. The van der Waals surface area contributed by atoms with Crippen molar-refractivity contribution < 1.29 is 14.6 Å². The fourth-order valence-corrected chi connectivity index (χ4v) is 0.360. The lowest BCUT2D eigenvalue weighted by Gasteiger charge is -2.01. The average Bonchev–Trinajstić information content (AvgIpc) is 1.84. The van der Waals surface area contributed by atoms with Crippen LogP contribution in [0.25, 0.3) is 0 Å². The molecule has 0 aliphatic heterocycles. The van der Waals surface area contributed by atoms with Crippen molar-refractivity contribution in [2.24, 2.45) is 0 Å². The van der Waals surface area contributed by atoms with Gasteiger partial charge in [0.15, 0.2) is 6.10 Å². The third-order valence-electron chi connectivity index (χ3n) is 0.646. The van der Waals surface area contributed by atoms with Crippen molar-refractivity contribution in [1.82, 2.24) is 0 Å². The lowest BCUT2D eigenvalue weighted by molar-refractivity contribution is -0.149. The van der Waals surface area contributed by atoms with E-state index >= 15 is 0 Å². The molecule has 0 amide bonds. The van der Waals surface area contributed by atoms with Crippen molar-refractivity contribution in [3.63, 3.8) is 0 Å². The fourth-order valence-electron chi connectivity index (χ4n) is 0.211. The second-order valence-corrected chi connectivity index (χ2v) is 1.59. The van der Waals surface area contributed by atoms with Gasteiger partial charge in [-0.1, -0.05) is 0 Å². The first-order chi connectivity index (χ1) is 3.72. The summed E-state index contributed by atoms with van der Waals surface area (Å²) < 4.78 is 4.17. The quantitative estimate of drug-likeness (QED) is 0.395. The van der Waals surface area contributed by atoms with Crippen molar-refractivity contribution in [3.05, 3.63) is 0 Å². The van der Waals surface area contributed by atoms with Gasteiger partial charge in [0.1, 0.15) is 0 Å². The summed E-state index contributed by atoms with van der Waals surface area (Å²) in [6.45, 7) is 0. The molecule has 1 unspecified atom stereocenters. The number of esters is 1. The Labute approximate surface area is 53.1 Å². The van der Waals surface area contributed by atoms with Gasteiger partial charge in [-0.2, -0.15) is 12.6 Å². The van der Waals surface area contributed by atoms with Gasteiger partial charge >= 0.3 is 5.97 Å². The Kier molecular flexibility index (Phi) is 3.64. The molecule has 0 bridgehead atoms. The topological polar surface area (TPSA) is 46.5 Å². The van der Waals surface area contributed by atoms with E-state index in [1.165, 1.54) is 7.11 Å². The van der Waals surface area contributed by atoms with Crippen molar-refractivity contribution >= 4 is 18.6 Å². The molecule has 0 aromatic carbocycles. The standard InChI is InChI=1S/C4H8O3S/c1-7-4(6)3(5)2-8/h3,5,8H,2H2,1H3. The van der Waals surface area contributed by atoms with Gasteiger partial charge in [0.25, 0.3) is 0 Å². The van der Waals surface area contributed by atoms with Crippen molar-refractivity contribution in [2.45, 2.75) is 6.10 Å². The predicted molar refractivity (Wildman–Crippen MR) is 31.9 cm³/mol. The zero-order chi connectivity index (χ0) is 6.57. The van der Waals surface area contributed by atoms with Gasteiger partial charge in [0, 0.05) is 5.75 Å². The largest absolute Gasteiger partial charge is 0.467 e. The Balaban J connectivity index is 3.46. The molecule has 0 fully saturated rings. The van der Waals surface area contributed by atoms with Crippen LogP contribution < -0.4 is 0 Å². The van der Waals surface area contributed by atoms with Crippen molar-refractivity contribution in [1.29, 1.82) is 0 Å². The molecule has 1 N–H and O–H groups in total. The van der Waals surface area contributed by atoms with E-state index in [2.05, 4.69) is 17.4 Å². The highest BCUT2D eigenvalue weighted by Gasteiger charge is 2.11. The van der Waals surface area contributed by atoms with Gasteiger partial charge in [-0.25, -0.2) is 4.79 Å². The second kappa shape index (κ2) is 3.74. The Hall–Kier alpha value is -0.220. The van der Waals surface area contributed by atoms with Crippen LogP contribution in [0.5, 0.6) is 0 Å². The minimum Gasteiger partial charge on any atom is -0.467 e. The van der Waals surface area contributed by atoms with E-state index in [-0.39, 0.29) is 5.75 Å². The molecule has 0 aromatic rings. The predicted octanol–water partition coefficient (Wildman–Crippen LogP) is -0.550. The first-order valence-corrected chi connectivity index (χ1v) is 2.72. The molecule has 0 aromatic heterocycles. The van der Waals surface area contributed by atoms with E-state index in [0.717, 1.165) is 0 Å². The molecule has 0 radical (unpaired) electrons. The smallest absolute Gasteiger partial charge is 0.335 e. The van der Waals surface area contributed by atoms with Gasteiger partial charge in [0.05, 0.1) is 7.11 Å². The first-order valence-electron chi connectivity index (χ1n) is 2.09. The lowest BCUT2D eigenvalue weighted by atomic mass is 10.4. The van der Waals surface area contributed by atoms with E-state index in [1.807, 2.05) is 0 Å². The van der Waals surface area contributed by atoms with Crippen LogP contribution in [0.2, 0.25) is 0 Å².